The van der Waals surface area contributed by atoms with E-state index in [1.807, 2.05) is 12.4 Å². The van der Waals surface area contributed by atoms with Crippen molar-refractivity contribution >= 4 is 0 Å². The highest BCUT2D eigenvalue weighted by Crippen LogP contribution is 2.28. The van der Waals surface area contributed by atoms with E-state index in [0.29, 0.717) is 6.04 Å². The van der Waals surface area contributed by atoms with E-state index in [9.17, 15) is 0 Å². The van der Waals surface area contributed by atoms with E-state index in [1.165, 1.54) is 36.8 Å². The topological polar surface area (TPSA) is 34.1 Å². The molecule has 1 aliphatic heterocycles. The van der Waals surface area contributed by atoms with E-state index in [4.69, 9.17) is 4.74 Å². The van der Waals surface area contributed by atoms with Crippen LogP contribution in [0.3, 0.4) is 0 Å². The van der Waals surface area contributed by atoms with Crippen molar-refractivity contribution in [1.82, 2.24) is 10.3 Å². The summed E-state index contributed by atoms with van der Waals surface area (Å²) in [5, 5.41) is 3.69. The van der Waals surface area contributed by atoms with Crippen LogP contribution < -0.4 is 5.32 Å². The molecule has 1 aromatic rings. The fraction of sp³-hybridized carbons (Fsp3) is 0.688. The van der Waals surface area contributed by atoms with Gasteiger partial charge in [-0.3, -0.25) is 4.98 Å². The Morgan fingerprint density at radius 2 is 2.21 bits per heavy atom. The Bertz CT molecular complexity index is 375. The van der Waals surface area contributed by atoms with Crippen LogP contribution >= 0.6 is 0 Å². The Labute approximate surface area is 116 Å². The Morgan fingerprint density at radius 1 is 1.42 bits per heavy atom. The lowest BCUT2D eigenvalue weighted by molar-refractivity contribution is 0.0605. The highest BCUT2D eigenvalue weighted by atomic mass is 16.5. The first kappa shape index (κ1) is 14.5. The van der Waals surface area contributed by atoms with E-state index in [0.717, 1.165) is 25.7 Å². The molecule has 1 N–H and O–H groups in total. The molecule has 0 bridgehead atoms. The summed E-state index contributed by atoms with van der Waals surface area (Å²) < 4.78 is 5.46. The van der Waals surface area contributed by atoms with Crippen LogP contribution in [0.2, 0.25) is 0 Å². The molecule has 0 radical (unpaired) electrons. The highest BCUT2D eigenvalue weighted by Gasteiger charge is 2.21. The number of nitrogens with zero attached hydrogens (tertiary/aromatic N) is 1. The van der Waals surface area contributed by atoms with Gasteiger partial charge in [0.15, 0.2) is 0 Å². The maximum atomic E-state index is 5.46. The first-order valence-electron chi connectivity index (χ1n) is 7.53. The van der Waals surface area contributed by atoms with E-state index in [1.54, 1.807) is 0 Å². The summed E-state index contributed by atoms with van der Waals surface area (Å²) in [5.41, 5.74) is 2.71. The van der Waals surface area contributed by atoms with Gasteiger partial charge in [0, 0.05) is 31.6 Å². The summed E-state index contributed by atoms with van der Waals surface area (Å²) in [5.74, 6) is 0.780. The first-order chi connectivity index (χ1) is 9.31. The lowest BCUT2D eigenvalue weighted by Crippen LogP contribution is -2.27. The normalized spacial score (nSPS) is 18.4. The number of hydrogen-bond acceptors (Lipinski definition) is 3. The molecule has 2 heterocycles. The van der Waals surface area contributed by atoms with Crippen LogP contribution in [-0.4, -0.2) is 24.7 Å². The van der Waals surface area contributed by atoms with E-state index in [-0.39, 0.29) is 0 Å². The third kappa shape index (κ3) is 4.29. The van der Waals surface area contributed by atoms with Crippen molar-refractivity contribution in [2.75, 3.05) is 19.8 Å². The molecule has 1 saturated heterocycles. The molecule has 1 atom stereocenters. The van der Waals surface area contributed by atoms with Gasteiger partial charge in [-0.25, -0.2) is 0 Å². The summed E-state index contributed by atoms with van der Waals surface area (Å²) in [6, 6.07) is 2.55. The molecule has 1 aromatic heterocycles. The van der Waals surface area contributed by atoms with Gasteiger partial charge in [0.05, 0.1) is 0 Å². The molecule has 0 aromatic carbocycles. The molecule has 2 rings (SSSR count). The van der Waals surface area contributed by atoms with Crippen molar-refractivity contribution in [2.45, 2.75) is 45.6 Å². The second kappa shape index (κ2) is 7.61. The van der Waals surface area contributed by atoms with Crippen LogP contribution in [0.15, 0.2) is 18.5 Å². The fourth-order valence-corrected chi connectivity index (χ4v) is 2.80. The van der Waals surface area contributed by atoms with Gasteiger partial charge in [-0.15, -0.1) is 0 Å². The monoisotopic (exact) mass is 262 g/mol. The first-order valence-corrected chi connectivity index (χ1v) is 7.53. The quantitative estimate of drug-likeness (QED) is 0.854. The number of aryl methyl sites for hydroxylation is 1. The van der Waals surface area contributed by atoms with Crippen molar-refractivity contribution in [3.8, 4) is 0 Å². The van der Waals surface area contributed by atoms with Gasteiger partial charge in [-0.05, 0) is 62.3 Å². The number of ether oxygens (including phenoxy) is 1. The zero-order valence-electron chi connectivity index (χ0n) is 12.2. The highest BCUT2D eigenvalue weighted by molar-refractivity contribution is 5.25. The fourth-order valence-electron chi connectivity index (χ4n) is 2.80. The zero-order chi connectivity index (χ0) is 13.5. The third-order valence-corrected chi connectivity index (χ3v) is 4.01. The maximum absolute atomic E-state index is 5.46. The second-order valence-electron chi connectivity index (χ2n) is 5.53. The molecular formula is C16H26N2O. The largest absolute Gasteiger partial charge is 0.381 e. The summed E-state index contributed by atoms with van der Waals surface area (Å²) in [4.78, 5) is 4.30. The van der Waals surface area contributed by atoms with E-state index < -0.39 is 0 Å². The van der Waals surface area contributed by atoms with Crippen LogP contribution in [0.1, 0.15) is 49.8 Å². The zero-order valence-corrected chi connectivity index (χ0v) is 12.2. The minimum Gasteiger partial charge on any atom is -0.381 e. The minimum atomic E-state index is 0.441. The Hall–Kier alpha value is -0.930. The number of hydrogen-bond donors (Lipinski definition) is 1. The molecule has 0 amide bonds. The lowest BCUT2D eigenvalue weighted by atomic mass is 9.88. The van der Waals surface area contributed by atoms with Crippen LogP contribution in [0.4, 0.5) is 0 Å². The minimum absolute atomic E-state index is 0.441. The second-order valence-corrected chi connectivity index (χ2v) is 5.53. The molecule has 3 heteroatoms. The third-order valence-electron chi connectivity index (χ3n) is 4.01. The van der Waals surface area contributed by atoms with E-state index in [2.05, 4.69) is 30.2 Å². The summed E-state index contributed by atoms with van der Waals surface area (Å²) >= 11 is 0. The van der Waals surface area contributed by atoms with Crippen molar-refractivity contribution in [1.29, 1.82) is 0 Å². The Kier molecular flexibility index (Phi) is 5.80. The van der Waals surface area contributed by atoms with Gasteiger partial charge in [0.25, 0.3) is 0 Å². The van der Waals surface area contributed by atoms with Gasteiger partial charge in [-0.1, -0.05) is 6.92 Å². The molecule has 1 aliphatic rings. The van der Waals surface area contributed by atoms with Crippen LogP contribution in [0.25, 0.3) is 0 Å². The van der Waals surface area contributed by atoms with Crippen molar-refractivity contribution in [3.63, 3.8) is 0 Å². The number of nitrogens with one attached hydrogen (secondary N) is 1. The predicted molar refractivity (Wildman–Crippen MR) is 78.2 cm³/mol. The van der Waals surface area contributed by atoms with Crippen molar-refractivity contribution in [3.05, 3.63) is 29.6 Å². The number of rotatable bonds is 6. The van der Waals surface area contributed by atoms with Crippen molar-refractivity contribution < 1.29 is 4.74 Å². The van der Waals surface area contributed by atoms with Gasteiger partial charge in [0.2, 0.25) is 0 Å². The van der Waals surface area contributed by atoms with Crippen LogP contribution in [0.5, 0.6) is 0 Å². The molecule has 19 heavy (non-hydrogen) atoms. The SMILES string of the molecule is CCCNC(CC1CCOCC1)c1cnccc1C. The van der Waals surface area contributed by atoms with Gasteiger partial charge in [-0.2, -0.15) is 0 Å². The van der Waals surface area contributed by atoms with Gasteiger partial charge in [0.1, 0.15) is 0 Å². The molecular weight excluding hydrogens is 236 g/mol. The van der Waals surface area contributed by atoms with Gasteiger partial charge >= 0.3 is 0 Å². The van der Waals surface area contributed by atoms with E-state index >= 15 is 0 Å². The molecule has 1 fully saturated rings. The Morgan fingerprint density at radius 3 is 2.89 bits per heavy atom. The smallest absolute Gasteiger partial charge is 0.0468 e. The van der Waals surface area contributed by atoms with Gasteiger partial charge < -0.3 is 10.1 Å². The molecule has 1 unspecified atom stereocenters. The summed E-state index contributed by atoms with van der Waals surface area (Å²) in [6.45, 7) is 7.33. The lowest BCUT2D eigenvalue weighted by Gasteiger charge is -2.28. The molecule has 3 nitrogen and oxygen atoms in total. The average molecular weight is 262 g/mol. The number of aromatic nitrogens is 1. The number of pyridine rings is 1. The summed E-state index contributed by atoms with van der Waals surface area (Å²) in [6.07, 6.45) is 8.68. The standard InChI is InChI=1S/C16H26N2O/c1-3-7-18-16(11-14-5-9-19-10-6-14)15-12-17-8-4-13(15)2/h4,8,12,14,16,18H,3,5-7,9-11H2,1-2H3. The molecule has 0 spiro atoms. The maximum Gasteiger partial charge on any atom is 0.0468 e. The molecule has 0 aliphatic carbocycles. The van der Waals surface area contributed by atoms with Crippen LogP contribution in [-0.2, 0) is 4.74 Å². The Balaban J connectivity index is 2.04. The summed E-state index contributed by atoms with van der Waals surface area (Å²) in [7, 11) is 0. The van der Waals surface area contributed by atoms with Crippen molar-refractivity contribution in [2.24, 2.45) is 5.92 Å². The molecule has 106 valence electrons. The van der Waals surface area contributed by atoms with Crippen LogP contribution in [0, 0.1) is 12.8 Å². The molecule has 0 saturated carbocycles. The average Bonchev–Trinajstić information content (AvgIpc) is 2.45. The predicted octanol–water partition coefficient (Wildman–Crippen LogP) is 3.25.